The van der Waals surface area contributed by atoms with Crippen LogP contribution in [0.15, 0.2) is 76.5 Å². The molecular formula is C31H27N3O4S2. The van der Waals surface area contributed by atoms with Gasteiger partial charge >= 0.3 is 0 Å². The number of hydrogen-bond acceptors (Lipinski definition) is 8. The fourth-order valence-electron chi connectivity index (χ4n) is 5.02. The lowest BCUT2D eigenvalue weighted by Gasteiger charge is -2.16. The van der Waals surface area contributed by atoms with Gasteiger partial charge in [-0.15, -0.1) is 22.7 Å². The third-order valence-electron chi connectivity index (χ3n) is 6.84. The van der Waals surface area contributed by atoms with Gasteiger partial charge < -0.3 is 14.0 Å². The van der Waals surface area contributed by atoms with E-state index in [1.54, 1.807) is 40.4 Å². The maximum absolute atomic E-state index is 12.7. The topological polar surface area (TPSA) is 83.3 Å². The highest BCUT2D eigenvalue weighted by Crippen LogP contribution is 2.32. The van der Waals surface area contributed by atoms with E-state index in [9.17, 15) is 9.59 Å². The zero-order chi connectivity index (χ0) is 27.6. The Morgan fingerprint density at radius 3 is 2.30 bits per heavy atom. The van der Waals surface area contributed by atoms with Crippen LogP contribution in [0.5, 0.6) is 0 Å². The minimum Gasteiger partial charge on any atom is -0.348 e. The zero-order valence-electron chi connectivity index (χ0n) is 22.1. The van der Waals surface area contributed by atoms with Crippen molar-refractivity contribution < 1.29 is 14.3 Å². The third kappa shape index (κ3) is 5.46. The van der Waals surface area contributed by atoms with E-state index in [4.69, 9.17) is 9.47 Å². The van der Waals surface area contributed by atoms with Gasteiger partial charge in [0.1, 0.15) is 10.0 Å². The predicted octanol–water partition coefficient (Wildman–Crippen LogP) is 5.81. The number of aryl methyl sites for hydroxylation is 2. The molecule has 3 aromatic heterocycles. The van der Waals surface area contributed by atoms with Gasteiger partial charge in [0.05, 0.1) is 25.3 Å². The van der Waals surface area contributed by atoms with Crippen molar-refractivity contribution in [2.24, 2.45) is 0 Å². The van der Waals surface area contributed by atoms with Crippen LogP contribution in [0.3, 0.4) is 0 Å². The summed E-state index contributed by atoms with van der Waals surface area (Å²) in [5, 5.41) is 6.65. The molecule has 2 aliphatic rings. The summed E-state index contributed by atoms with van der Waals surface area (Å²) in [5.41, 5.74) is 7.23. The molecule has 1 fully saturated rings. The number of nitrogens with zero attached hydrogens (tertiary/aromatic N) is 3. The number of ether oxygens (including phenoxy) is 2. The first-order valence-corrected chi connectivity index (χ1v) is 14.7. The van der Waals surface area contributed by atoms with E-state index >= 15 is 0 Å². The molecule has 0 unspecified atom stereocenters. The van der Waals surface area contributed by atoms with Crippen molar-refractivity contribution in [1.82, 2.24) is 14.5 Å². The lowest BCUT2D eigenvalue weighted by atomic mass is 9.89. The smallest absolute Gasteiger partial charge is 0.251 e. The maximum atomic E-state index is 12.7. The molecule has 1 aliphatic heterocycles. The van der Waals surface area contributed by atoms with Crippen molar-refractivity contribution in [2.45, 2.75) is 33.1 Å². The van der Waals surface area contributed by atoms with Crippen LogP contribution in [0, 0.1) is 13.8 Å². The highest BCUT2D eigenvalue weighted by atomic mass is 32.1. The first-order valence-electron chi connectivity index (χ1n) is 13.0. The predicted molar refractivity (Wildman–Crippen MR) is 159 cm³/mol. The minimum absolute atomic E-state index is 0.0626. The van der Waals surface area contributed by atoms with E-state index in [1.807, 2.05) is 36.7 Å². The number of rotatable bonds is 4. The van der Waals surface area contributed by atoms with Crippen molar-refractivity contribution in [3.8, 4) is 10.6 Å². The second-order valence-corrected chi connectivity index (χ2v) is 11.5. The average molecular weight is 570 g/mol. The summed E-state index contributed by atoms with van der Waals surface area (Å²) in [5.74, 6) is 0.160. The summed E-state index contributed by atoms with van der Waals surface area (Å²) in [4.78, 5) is 33.1. The molecule has 0 atom stereocenters. The Kier molecular flexibility index (Phi) is 7.53. The Balaban J connectivity index is 0.000000151. The molecule has 4 heterocycles. The van der Waals surface area contributed by atoms with Gasteiger partial charge in [-0.3, -0.25) is 9.59 Å². The first kappa shape index (κ1) is 26.5. The molecule has 1 aliphatic carbocycles. The van der Waals surface area contributed by atoms with Crippen LogP contribution in [0.25, 0.3) is 27.0 Å². The van der Waals surface area contributed by atoms with E-state index < -0.39 is 0 Å². The van der Waals surface area contributed by atoms with Crippen molar-refractivity contribution in [2.75, 3.05) is 13.2 Å². The molecule has 0 bridgehead atoms. The number of benzene rings is 2. The minimum atomic E-state index is -0.359. The molecule has 7 rings (SSSR count). The molecular weight excluding hydrogens is 542 g/mol. The Labute approximate surface area is 239 Å². The molecule has 0 radical (unpaired) electrons. The second kappa shape index (κ2) is 11.4. The van der Waals surface area contributed by atoms with E-state index in [2.05, 4.69) is 34.2 Å². The van der Waals surface area contributed by atoms with Gasteiger partial charge in [-0.1, -0.05) is 35.9 Å². The van der Waals surface area contributed by atoms with Gasteiger partial charge in [0.2, 0.25) is 0 Å². The highest BCUT2D eigenvalue weighted by Gasteiger charge is 2.21. The van der Waals surface area contributed by atoms with Gasteiger partial charge in [-0.25, -0.2) is 9.97 Å². The molecule has 0 N–H and O–H groups in total. The van der Waals surface area contributed by atoms with Crippen LogP contribution in [0.1, 0.15) is 27.3 Å². The quantitative estimate of drug-likeness (QED) is 0.272. The molecule has 9 heteroatoms. The lowest BCUT2D eigenvalue weighted by molar-refractivity contribution is -0.114. The number of fused-ring (bicyclic) bond motifs is 2. The molecule has 40 heavy (non-hydrogen) atoms. The SMILES string of the molecule is Cc1ccc2c(-c3nccs3)cc(=O)n(CC3OCCO3)c2c1.Cc1ccc2c(c1)CC(=O)C=C2c1nccs1. The Bertz CT molecular complexity index is 1770. The summed E-state index contributed by atoms with van der Waals surface area (Å²) < 4.78 is 12.7. The van der Waals surface area contributed by atoms with E-state index in [0.29, 0.717) is 26.2 Å². The van der Waals surface area contributed by atoms with Gasteiger partial charge in [0.25, 0.3) is 5.56 Å². The zero-order valence-corrected chi connectivity index (χ0v) is 23.8. The normalized spacial score (nSPS) is 15.1. The van der Waals surface area contributed by atoms with Crippen LogP contribution in [-0.2, 0) is 27.2 Å². The number of thiazole rings is 2. The highest BCUT2D eigenvalue weighted by molar-refractivity contribution is 7.13. The van der Waals surface area contributed by atoms with Crippen LogP contribution in [0.2, 0.25) is 0 Å². The molecule has 202 valence electrons. The largest absolute Gasteiger partial charge is 0.348 e. The summed E-state index contributed by atoms with van der Waals surface area (Å²) in [7, 11) is 0. The Morgan fingerprint density at radius 2 is 1.57 bits per heavy atom. The van der Waals surface area contributed by atoms with Gasteiger partial charge in [0, 0.05) is 52.2 Å². The van der Waals surface area contributed by atoms with Crippen LogP contribution < -0.4 is 5.56 Å². The van der Waals surface area contributed by atoms with Gasteiger partial charge in [0.15, 0.2) is 12.1 Å². The molecule has 1 saturated heterocycles. The van der Waals surface area contributed by atoms with Gasteiger partial charge in [-0.05, 0) is 42.7 Å². The number of pyridine rings is 1. The number of ketones is 1. The number of hydrogen-bond donors (Lipinski definition) is 0. The standard InChI is InChI=1S/C17H16N2O3S.C14H11NOS/c1-11-2-3-12-13(17-18-4-7-23-17)9-15(20)19(14(12)8-11)10-16-21-5-6-22-16;1-9-2-3-12-10(6-9)7-11(16)8-13(12)14-15-4-5-17-14/h2-4,7-9,16H,5-6,10H2,1H3;2-6,8H,7H2,1H3. The molecule has 7 nitrogen and oxygen atoms in total. The van der Waals surface area contributed by atoms with E-state index in [-0.39, 0.29) is 17.6 Å². The number of carbonyl (C=O) groups excluding carboxylic acids is 1. The van der Waals surface area contributed by atoms with Crippen molar-refractivity contribution in [3.63, 3.8) is 0 Å². The summed E-state index contributed by atoms with van der Waals surface area (Å²) in [6.45, 7) is 5.62. The third-order valence-corrected chi connectivity index (χ3v) is 8.45. The maximum Gasteiger partial charge on any atom is 0.251 e. The average Bonchev–Trinajstić information content (AvgIpc) is 3.74. The lowest BCUT2D eigenvalue weighted by Crippen LogP contribution is -2.27. The fourth-order valence-corrected chi connectivity index (χ4v) is 6.35. The number of carbonyl (C=O) groups is 1. The second-order valence-electron chi connectivity index (χ2n) is 9.73. The number of allylic oxidation sites excluding steroid dienone is 1. The van der Waals surface area contributed by atoms with Crippen LogP contribution >= 0.6 is 22.7 Å². The summed E-state index contributed by atoms with van der Waals surface area (Å²) in [6, 6.07) is 14.0. The Hall–Kier alpha value is -3.76. The molecule has 2 aromatic carbocycles. The molecule has 0 amide bonds. The van der Waals surface area contributed by atoms with Crippen molar-refractivity contribution >= 4 is 44.9 Å². The molecule has 5 aromatic rings. The number of aromatic nitrogens is 3. The van der Waals surface area contributed by atoms with Crippen LogP contribution in [-0.4, -0.2) is 39.8 Å². The Morgan fingerprint density at radius 1 is 0.875 bits per heavy atom. The van der Waals surface area contributed by atoms with Crippen molar-refractivity contribution in [3.05, 3.63) is 109 Å². The first-order chi connectivity index (χ1) is 19.5. The van der Waals surface area contributed by atoms with Crippen LogP contribution in [0.4, 0.5) is 0 Å². The summed E-state index contributed by atoms with van der Waals surface area (Å²) in [6.07, 6.45) is 5.39. The van der Waals surface area contributed by atoms with E-state index in [1.165, 1.54) is 16.9 Å². The monoisotopic (exact) mass is 569 g/mol. The van der Waals surface area contributed by atoms with Gasteiger partial charge in [-0.2, -0.15) is 0 Å². The molecule has 0 spiro atoms. The van der Waals surface area contributed by atoms with Crippen molar-refractivity contribution in [1.29, 1.82) is 0 Å². The fraction of sp³-hybridized carbons (Fsp3) is 0.226. The van der Waals surface area contributed by atoms with E-state index in [0.717, 1.165) is 48.7 Å². The molecule has 0 saturated carbocycles. The summed E-state index contributed by atoms with van der Waals surface area (Å²) >= 11 is 3.10.